The molecule has 1 aromatic carbocycles. The third-order valence-electron chi connectivity index (χ3n) is 5.98. The third kappa shape index (κ3) is 5.47. The van der Waals surface area contributed by atoms with Crippen molar-refractivity contribution in [2.75, 3.05) is 11.9 Å². The SMILES string of the molecule is CC(CC(=O)Nc1sc2c(c1C#N)CCN(C(=O)CCc1cccnc1)C2)c1ccccc1. The third-order valence-corrected chi connectivity index (χ3v) is 7.12. The van der Waals surface area contributed by atoms with Crippen LogP contribution in [-0.2, 0) is 29.0 Å². The Morgan fingerprint density at radius 3 is 2.79 bits per heavy atom. The summed E-state index contributed by atoms with van der Waals surface area (Å²) in [5.74, 6) is 0.0729. The van der Waals surface area contributed by atoms with Gasteiger partial charge in [0.25, 0.3) is 0 Å². The predicted molar refractivity (Wildman–Crippen MR) is 129 cm³/mol. The normalized spacial score (nSPS) is 13.6. The lowest BCUT2D eigenvalue weighted by Crippen LogP contribution is -2.35. The first-order valence-corrected chi connectivity index (χ1v) is 11.9. The lowest BCUT2D eigenvalue weighted by atomic mass is 9.97. The van der Waals surface area contributed by atoms with Gasteiger partial charge in [-0.05, 0) is 41.5 Å². The summed E-state index contributed by atoms with van der Waals surface area (Å²) >= 11 is 1.42. The van der Waals surface area contributed by atoms with Crippen LogP contribution in [0.25, 0.3) is 0 Å². The topological polar surface area (TPSA) is 86.1 Å². The summed E-state index contributed by atoms with van der Waals surface area (Å²) in [7, 11) is 0. The average Bonchev–Trinajstić information content (AvgIpc) is 3.19. The van der Waals surface area contributed by atoms with Crippen molar-refractivity contribution in [3.05, 3.63) is 82.0 Å². The van der Waals surface area contributed by atoms with Gasteiger partial charge in [0.1, 0.15) is 11.1 Å². The zero-order chi connectivity index (χ0) is 23.2. The molecule has 0 fully saturated rings. The zero-order valence-electron chi connectivity index (χ0n) is 18.6. The maximum absolute atomic E-state index is 12.8. The number of aromatic nitrogens is 1. The number of pyridine rings is 1. The number of nitrogens with zero attached hydrogens (tertiary/aromatic N) is 3. The summed E-state index contributed by atoms with van der Waals surface area (Å²) in [6.07, 6.45) is 5.57. The van der Waals surface area contributed by atoms with E-state index in [1.807, 2.05) is 54.3 Å². The highest BCUT2D eigenvalue weighted by Crippen LogP contribution is 2.37. The number of nitriles is 1. The van der Waals surface area contributed by atoms with Gasteiger partial charge in [-0.15, -0.1) is 11.3 Å². The zero-order valence-corrected chi connectivity index (χ0v) is 19.4. The van der Waals surface area contributed by atoms with Crippen molar-refractivity contribution in [1.29, 1.82) is 5.26 Å². The molecule has 0 saturated carbocycles. The number of carbonyl (C=O) groups excluding carboxylic acids is 2. The number of benzene rings is 1. The average molecular weight is 459 g/mol. The minimum Gasteiger partial charge on any atom is -0.337 e. The van der Waals surface area contributed by atoms with Crippen LogP contribution >= 0.6 is 11.3 Å². The molecule has 2 aromatic heterocycles. The maximum Gasteiger partial charge on any atom is 0.225 e. The molecule has 0 bridgehead atoms. The van der Waals surface area contributed by atoms with Crippen LogP contribution < -0.4 is 5.32 Å². The Morgan fingerprint density at radius 2 is 2.06 bits per heavy atom. The maximum atomic E-state index is 12.8. The van der Waals surface area contributed by atoms with Gasteiger partial charge in [-0.3, -0.25) is 14.6 Å². The predicted octanol–water partition coefficient (Wildman–Crippen LogP) is 4.66. The molecule has 1 atom stereocenters. The highest BCUT2D eigenvalue weighted by atomic mass is 32.1. The van der Waals surface area contributed by atoms with Gasteiger partial charge in [0.2, 0.25) is 11.8 Å². The van der Waals surface area contributed by atoms with Crippen LogP contribution in [0.5, 0.6) is 0 Å². The van der Waals surface area contributed by atoms with Crippen LogP contribution in [0.4, 0.5) is 5.00 Å². The summed E-state index contributed by atoms with van der Waals surface area (Å²) in [5, 5.41) is 13.3. The second-order valence-corrected chi connectivity index (χ2v) is 9.42. The summed E-state index contributed by atoms with van der Waals surface area (Å²) < 4.78 is 0. The number of nitrogens with one attached hydrogen (secondary N) is 1. The molecular weight excluding hydrogens is 432 g/mol. The molecule has 1 aliphatic heterocycles. The molecule has 168 valence electrons. The lowest BCUT2D eigenvalue weighted by molar-refractivity contribution is -0.132. The van der Waals surface area contributed by atoms with Crippen LogP contribution in [0.15, 0.2) is 54.9 Å². The van der Waals surface area contributed by atoms with E-state index in [1.54, 1.807) is 12.4 Å². The fourth-order valence-electron chi connectivity index (χ4n) is 4.13. The molecule has 3 heterocycles. The Morgan fingerprint density at radius 1 is 1.24 bits per heavy atom. The fourth-order valence-corrected chi connectivity index (χ4v) is 5.36. The van der Waals surface area contributed by atoms with E-state index in [1.165, 1.54) is 11.3 Å². The lowest BCUT2D eigenvalue weighted by Gasteiger charge is -2.27. The first kappa shape index (κ1) is 22.7. The van der Waals surface area contributed by atoms with E-state index in [0.29, 0.717) is 49.3 Å². The Bertz CT molecular complexity index is 1170. The van der Waals surface area contributed by atoms with E-state index in [2.05, 4.69) is 16.4 Å². The summed E-state index contributed by atoms with van der Waals surface area (Å²) in [6.45, 7) is 3.09. The van der Waals surface area contributed by atoms with Gasteiger partial charge in [-0.1, -0.05) is 43.3 Å². The monoisotopic (exact) mass is 458 g/mol. The second kappa shape index (κ2) is 10.4. The van der Waals surface area contributed by atoms with Crippen LogP contribution in [-0.4, -0.2) is 28.2 Å². The van der Waals surface area contributed by atoms with Crippen molar-refractivity contribution >= 4 is 28.2 Å². The Labute approximate surface area is 197 Å². The number of aryl methyl sites for hydroxylation is 1. The van der Waals surface area contributed by atoms with E-state index in [4.69, 9.17) is 0 Å². The van der Waals surface area contributed by atoms with Gasteiger partial charge < -0.3 is 10.2 Å². The number of carbonyl (C=O) groups is 2. The van der Waals surface area contributed by atoms with Gasteiger partial charge in [-0.25, -0.2) is 0 Å². The van der Waals surface area contributed by atoms with Crippen molar-refractivity contribution in [3.8, 4) is 6.07 Å². The van der Waals surface area contributed by atoms with E-state index in [-0.39, 0.29) is 17.7 Å². The van der Waals surface area contributed by atoms with Crippen molar-refractivity contribution < 1.29 is 9.59 Å². The van der Waals surface area contributed by atoms with Gasteiger partial charge in [0, 0.05) is 36.7 Å². The largest absolute Gasteiger partial charge is 0.337 e. The number of hydrogen-bond donors (Lipinski definition) is 1. The first-order valence-electron chi connectivity index (χ1n) is 11.1. The smallest absolute Gasteiger partial charge is 0.225 e. The Hall–Kier alpha value is -3.50. The molecular formula is C26H26N4O2S. The summed E-state index contributed by atoms with van der Waals surface area (Å²) in [4.78, 5) is 32.4. The van der Waals surface area contributed by atoms with Crippen LogP contribution in [0.2, 0.25) is 0 Å². The number of fused-ring (bicyclic) bond motifs is 1. The van der Waals surface area contributed by atoms with Crippen molar-refractivity contribution in [2.24, 2.45) is 0 Å². The van der Waals surface area contributed by atoms with Crippen molar-refractivity contribution in [1.82, 2.24) is 9.88 Å². The molecule has 0 radical (unpaired) electrons. The molecule has 4 rings (SSSR count). The molecule has 3 aromatic rings. The van der Waals surface area contributed by atoms with Crippen molar-refractivity contribution in [3.63, 3.8) is 0 Å². The number of thiophene rings is 1. The minimum absolute atomic E-state index is 0.0826. The number of rotatable bonds is 7. The first-order chi connectivity index (χ1) is 16.0. The molecule has 2 amide bonds. The highest BCUT2D eigenvalue weighted by Gasteiger charge is 2.27. The minimum atomic E-state index is -0.106. The Kier molecular flexibility index (Phi) is 7.16. The van der Waals surface area contributed by atoms with Gasteiger partial charge in [0.05, 0.1) is 12.1 Å². The van der Waals surface area contributed by atoms with E-state index in [0.717, 1.165) is 21.6 Å². The molecule has 7 heteroatoms. The summed E-state index contributed by atoms with van der Waals surface area (Å²) in [5.41, 5.74) is 3.66. The number of amides is 2. The Balaban J connectivity index is 1.39. The van der Waals surface area contributed by atoms with Crippen LogP contribution in [0.3, 0.4) is 0 Å². The van der Waals surface area contributed by atoms with E-state index in [9.17, 15) is 14.9 Å². The molecule has 0 aliphatic carbocycles. The highest BCUT2D eigenvalue weighted by molar-refractivity contribution is 7.16. The molecule has 0 spiro atoms. The summed E-state index contributed by atoms with van der Waals surface area (Å²) in [6, 6.07) is 16.0. The number of hydrogen-bond acceptors (Lipinski definition) is 5. The molecule has 1 N–H and O–H groups in total. The van der Waals surface area contributed by atoms with Gasteiger partial charge >= 0.3 is 0 Å². The van der Waals surface area contributed by atoms with E-state index < -0.39 is 0 Å². The van der Waals surface area contributed by atoms with Gasteiger partial charge in [-0.2, -0.15) is 5.26 Å². The second-order valence-electron chi connectivity index (χ2n) is 8.31. The van der Waals surface area contributed by atoms with Crippen LogP contribution in [0.1, 0.15) is 52.8 Å². The standard InChI is InChI=1S/C26H26N4O2S/c1-18(20-7-3-2-4-8-20)14-24(31)29-26-22(15-27)21-11-13-30(17-23(21)33-26)25(32)10-9-19-6-5-12-28-16-19/h2-8,12,16,18H,9-11,13-14,17H2,1H3,(H,29,31). The molecule has 0 saturated heterocycles. The fraction of sp³-hybridized carbons (Fsp3) is 0.308. The molecule has 1 aliphatic rings. The molecule has 6 nitrogen and oxygen atoms in total. The number of anilines is 1. The van der Waals surface area contributed by atoms with Crippen molar-refractivity contribution in [2.45, 2.75) is 45.1 Å². The van der Waals surface area contributed by atoms with Gasteiger partial charge in [0.15, 0.2) is 0 Å². The quantitative estimate of drug-likeness (QED) is 0.558. The van der Waals surface area contributed by atoms with Crippen LogP contribution in [0, 0.1) is 11.3 Å². The molecule has 1 unspecified atom stereocenters. The molecule has 33 heavy (non-hydrogen) atoms. The van der Waals surface area contributed by atoms with E-state index >= 15 is 0 Å².